The summed E-state index contributed by atoms with van der Waals surface area (Å²) in [7, 11) is 13.0. The first kappa shape index (κ1) is 42.5. The normalized spacial score (nSPS) is 19.4. The molecule has 2 aromatic rings. The van der Waals surface area contributed by atoms with Crippen LogP contribution in [0.1, 0.15) is 55.4 Å². The molecule has 2 saturated heterocycles. The second kappa shape index (κ2) is 18.9. The Kier molecular flexibility index (Phi) is 19.6. The fourth-order valence-corrected chi connectivity index (χ4v) is 5.73. The Hall–Kier alpha value is -0.650. The standard InChI is InChI=1S/2C15H22N2O.CH4.Ag.2ClH.HI/c2*1-11-7-5-8-12(2)14(11)16-15(18)13-9-6-10-17(13,3)4;;;;;/h2*5,7-8,13H,6,9-10H2,1-4H3;1H4;;3*1H/q;;;+1;;;/p-1. The summed E-state index contributed by atoms with van der Waals surface area (Å²) in [6.07, 6.45) is 4.25. The summed E-state index contributed by atoms with van der Waals surface area (Å²) < 4.78 is 1.60. The molecule has 10 heteroatoms. The van der Waals surface area contributed by atoms with Crippen molar-refractivity contribution in [2.24, 2.45) is 0 Å². The number of carbonyl (C=O) groups is 2. The number of likely N-dealkylation sites (tertiary alicyclic amines) is 2. The zero-order valence-corrected chi connectivity index (χ0v) is 30.2. The average Bonchev–Trinajstić information content (AvgIpc) is 3.40. The van der Waals surface area contributed by atoms with Gasteiger partial charge in [-0.15, -0.1) is 0 Å². The van der Waals surface area contributed by atoms with Gasteiger partial charge in [-0.25, -0.2) is 0 Å². The molecule has 2 aliphatic heterocycles. The molecule has 2 aliphatic rings. The molecular formula is C31H50AgCl2IN4O2. The van der Waals surface area contributed by atoms with Crippen LogP contribution < -0.4 is 47.0 Å². The number of aryl methyl sites for hydroxylation is 4. The second-order valence-electron chi connectivity index (χ2n) is 11.8. The van der Waals surface area contributed by atoms with Crippen molar-refractivity contribution in [1.82, 2.24) is 0 Å². The zero-order chi connectivity index (χ0) is 28.7. The van der Waals surface area contributed by atoms with E-state index in [1.807, 2.05) is 64.1 Å². The number of quaternary nitrogens is 2. The van der Waals surface area contributed by atoms with Crippen LogP contribution in [0.5, 0.6) is 0 Å². The number of anilines is 2. The zero-order valence-electron chi connectivity index (χ0n) is 25.0. The van der Waals surface area contributed by atoms with Crippen molar-refractivity contribution >= 4 is 32.4 Å². The minimum Gasteiger partial charge on any atom is -1.00 e. The number of carbonyl (C=O) groups excluding carboxylic acids is 2. The number of benzene rings is 2. The summed E-state index contributed by atoms with van der Waals surface area (Å²) in [6.45, 7) is 10.3. The van der Waals surface area contributed by atoms with Crippen molar-refractivity contribution in [3.8, 4) is 0 Å². The van der Waals surface area contributed by atoms with Crippen molar-refractivity contribution in [1.29, 1.82) is 0 Å². The van der Waals surface area contributed by atoms with Gasteiger partial charge in [0.2, 0.25) is 0 Å². The van der Waals surface area contributed by atoms with Gasteiger partial charge >= 0.3 is 29.2 Å². The molecule has 6 nitrogen and oxygen atoms in total. The Morgan fingerprint density at radius 3 is 1.20 bits per heavy atom. The number of nitrogens with one attached hydrogen (secondary N) is 2. The molecule has 2 atom stereocenters. The van der Waals surface area contributed by atoms with E-state index in [-0.39, 0.29) is 67.7 Å². The maximum atomic E-state index is 12.4. The van der Waals surface area contributed by atoms with Gasteiger partial charge < -0.3 is 56.0 Å². The first-order valence-corrected chi connectivity index (χ1v) is 15.3. The summed E-state index contributed by atoms with van der Waals surface area (Å²) >= 11 is 2.42. The monoisotopic (exact) mass is 814 g/mol. The molecule has 2 aromatic carbocycles. The number of halogens is 3. The van der Waals surface area contributed by atoms with E-state index >= 15 is 0 Å². The minimum absolute atomic E-state index is 0. The molecule has 0 spiro atoms. The van der Waals surface area contributed by atoms with E-state index in [1.54, 1.807) is 0 Å². The van der Waals surface area contributed by atoms with E-state index in [2.05, 4.69) is 68.0 Å². The fourth-order valence-electron chi connectivity index (χ4n) is 5.73. The summed E-state index contributed by atoms with van der Waals surface area (Å²) in [5, 5.41) is 6.24. The first-order valence-electron chi connectivity index (χ1n) is 13.3. The van der Waals surface area contributed by atoms with Crippen LogP contribution >= 0.6 is 9.19 Å². The maximum absolute atomic E-state index is 12.4. The number of para-hydroxylation sites is 2. The van der Waals surface area contributed by atoms with Gasteiger partial charge in [0.15, 0.2) is 12.1 Å². The van der Waals surface area contributed by atoms with E-state index in [0.29, 0.717) is 0 Å². The second-order valence-corrected chi connectivity index (χ2v) is 11.8. The average molecular weight is 816 g/mol. The van der Waals surface area contributed by atoms with Crippen LogP contribution in [0.25, 0.3) is 0 Å². The number of hydrogen-bond acceptors (Lipinski definition) is 2. The van der Waals surface area contributed by atoms with Crippen LogP contribution in [0.4, 0.5) is 11.4 Å². The Bertz CT molecular complexity index is 1000. The molecule has 2 N–H and O–H groups in total. The summed E-state index contributed by atoms with van der Waals surface area (Å²) in [5.41, 5.74) is 6.49. The van der Waals surface area contributed by atoms with Crippen molar-refractivity contribution in [3.63, 3.8) is 0 Å². The summed E-state index contributed by atoms with van der Waals surface area (Å²) in [5.74, 6) is 0.324. The topological polar surface area (TPSA) is 58.2 Å². The number of nitrogens with zero attached hydrogens (tertiary/aromatic N) is 2. The molecule has 41 heavy (non-hydrogen) atoms. The SMILES string of the molecule is C.Cc1cccc(C)c1NC(=O)C1CCC[N+]1(C)C.Cc1cccc(C)c1NC(=O)C1CCC[N+]1(C)C.[Cl-].[Cl][Ag].[I-]. The van der Waals surface area contributed by atoms with Gasteiger partial charge in [-0.05, 0) is 49.9 Å². The molecule has 0 radical (unpaired) electrons. The molecule has 0 aromatic heterocycles. The quantitative estimate of drug-likeness (QED) is 0.266. The number of rotatable bonds is 4. The Balaban J connectivity index is 0. The molecule has 238 valence electrons. The third kappa shape index (κ3) is 11.4. The smallest absolute Gasteiger partial charge is 1.00 e. The molecular weight excluding hydrogens is 766 g/mol. The predicted octanol–water partition coefficient (Wildman–Crippen LogP) is 0.293. The van der Waals surface area contributed by atoms with Gasteiger partial charge in [0.05, 0.1) is 41.3 Å². The van der Waals surface area contributed by atoms with Crippen LogP contribution in [-0.2, 0) is 29.6 Å². The minimum atomic E-state index is 0. The van der Waals surface area contributed by atoms with Gasteiger partial charge in [0.25, 0.3) is 11.8 Å². The summed E-state index contributed by atoms with van der Waals surface area (Å²) in [6, 6.07) is 12.4. The molecule has 0 aliphatic carbocycles. The van der Waals surface area contributed by atoms with Crippen molar-refractivity contribution in [2.45, 2.75) is 72.9 Å². The van der Waals surface area contributed by atoms with Gasteiger partial charge in [0.1, 0.15) is 0 Å². The van der Waals surface area contributed by atoms with E-state index in [1.165, 1.54) is 0 Å². The molecule has 0 saturated carbocycles. The Labute approximate surface area is 288 Å². The van der Waals surface area contributed by atoms with Crippen LogP contribution in [-0.4, -0.2) is 74.1 Å². The third-order valence-electron chi connectivity index (χ3n) is 8.18. The molecule has 2 heterocycles. The number of likely N-dealkylation sites (N-methyl/N-ethyl adjacent to an activating group) is 2. The van der Waals surface area contributed by atoms with E-state index < -0.39 is 0 Å². The molecule has 0 bridgehead atoms. The first-order chi connectivity index (χ1) is 17.8. The third-order valence-corrected chi connectivity index (χ3v) is 8.18. The van der Waals surface area contributed by atoms with E-state index in [4.69, 9.17) is 0 Å². The Morgan fingerprint density at radius 2 is 0.976 bits per heavy atom. The predicted molar refractivity (Wildman–Crippen MR) is 162 cm³/mol. The van der Waals surface area contributed by atoms with Gasteiger partial charge in [0, 0.05) is 37.1 Å². The number of amides is 2. The van der Waals surface area contributed by atoms with Crippen molar-refractivity contribution in [2.75, 3.05) is 51.9 Å². The molecule has 2 amide bonds. The Morgan fingerprint density at radius 1 is 0.707 bits per heavy atom. The largest absolute Gasteiger partial charge is 1.00 e. The van der Waals surface area contributed by atoms with Gasteiger partial charge in [-0.3, -0.25) is 9.59 Å². The molecule has 2 unspecified atom stereocenters. The summed E-state index contributed by atoms with van der Waals surface area (Å²) in [4.78, 5) is 24.8. The van der Waals surface area contributed by atoms with Gasteiger partial charge in [-0.1, -0.05) is 43.8 Å². The van der Waals surface area contributed by atoms with Crippen LogP contribution in [0.2, 0.25) is 0 Å². The molecule has 2 fully saturated rings. The van der Waals surface area contributed by atoms with Crippen LogP contribution in [0.15, 0.2) is 36.4 Å². The van der Waals surface area contributed by atoms with E-state index in [0.717, 1.165) is 81.4 Å². The van der Waals surface area contributed by atoms with Crippen LogP contribution in [0, 0.1) is 27.7 Å². The number of hydrogen-bond donors (Lipinski definition) is 2. The van der Waals surface area contributed by atoms with Gasteiger partial charge in [-0.2, -0.15) is 0 Å². The maximum Gasteiger partial charge on any atom is -1.00 e. The van der Waals surface area contributed by atoms with Crippen molar-refractivity contribution in [3.05, 3.63) is 58.7 Å². The molecule has 4 rings (SSSR count). The van der Waals surface area contributed by atoms with E-state index in [9.17, 15) is 9.59 Å². The van der Waals surface area contributed by atoms with Crippen molar-refractivity contribution < 1.29 is 74.9 Å². The van der Waals surface area contributed by atoms with Crippen LogP contribution in [0.3, 0.4) is 0 Å². The fraction of sp³-hybridized carbons (Fsp3) is 0.548.